The summed E-state index contributed by atoms with van der Waals surface area (Å²) in [6.45, 7) is 11.9. The smallest absolute Gasteiger partial charge is 0.119 e. The Labute approximate surface area is 148 Å². The van der Waals surface area contributed by atoms with E-state index in [-0.39, 0.29) is 5.41 Å². The minimum absolute atomic E-state index is 0.198. The van der Waals surface area contributed by atoms with Crippen LogP contribution in [-0.4, -0.2) is 0 Å². The Morgan fingerprint density at radius 3 is 1.83 bits per heavy atom. The molecule has 1 heteroatoms. The second-order valence-corrected chi connectivity index (χ2v) is 7.77. The lowest BCUT2D eigenvalue weighted by atomic mass is 9.87. The van der Waals surface area contributed by atoms with Crippen molar-refractivity contribution in [3.63, 3.8) is 0 Å². The van der Waals surface area contributed by atoms with Gasteiger partial charge in [-0.15, -0.1) is 0 Å². The second-order valence-electron chi connectivity index (χ2n) is 7.77. The van der Waals surface area contributed by atoms with Gasteiger partial charge in [-0.1, -0.05) is 83.9 Å². The Bertz CT molecular complexity index is 598. The Kier molecular flexibility index (Phi) is 6.48. The van der Waals surface area contributed by atoms with E-state index in [1.807, 2.05) is 0 Å². The van der Waals surface area contributed by atoms with E-state index in [0.29, 0.717) is 6.61 Å². The van der Waals surface area contributed by atoms with Crippen molar-refractivity contribution in [1.82, 2.24) is 0 Å². The highest BCUT2D eigenvalue weighted by Gasteiger charge is 2.12. The molecule has 0 aromatic heterocycles. The molecule has 0 saturated heterocycles. The van der Waals surface area contributed by atoms with Crippen LogP contribution in [0.2, 0.25) is 0 Å². The molecule has 1 nitrogen and oxygen atoms in total. The summed E-state index contributed by atoms with van der Waals surface area (Å²) < 4.78 is 5.93. The number of hydrogen-bond donors (Lipinski definition) is 0. The van der Waals surface area contributed by atoms with E-state index in [0.717, 1.165) is 11.7 Å². The van der Waals surface area contributed by atoms with Crippen LogP contribution in [0.15, 0.2) is 48.5 Å². The van der Waals surface area contributed by atoms with Crippen molar-refractivity contribution in [2.75, 3.05) is 0 Å². The maximum atomic E-state index is 5.93. The van der Waals surface area contributed by atoms with Crippen LogP contribution in [0, 0.1) is 5.92 Å². The van der Waals surface area contributed by atoms with Gasteiger partial charge in [-0.2, -0.15) is 0 Å². The first-order chi connectivity index (χ1) is 11.4. The van der Waals surface area contributed by atoms with E-state index < -0.39 is 0 Å². The lowest BCUT2D eigenvalue weighted by Crippen LogP contribution is -2.10. The molecule has 0 atom stereocenters. The molecule has 0 spiro atoms. The van der Waals surface area contributed by atoms with Gasteiger partial charge < -0.3 is 4.74 Å². The quantitative estimate of drug-likeness (QED) is 0.561. The van der Waals surface area contributed by atoms with Crippen LogP contribution < -0.4 is 4.74 Å². The average molecular weight is 325 g/mol. The van der Waals surface area contributed by atoms with Crippen LogP contribution in [0.25, 0.3) is 0 Å². The van der Waals surface area contributed by atoms with E-state index in [9.17, 15) is 0 Å². The van der Waals surface area contributed by atoms with Crippen LogP contribution in [0.1, 0.15) is 64.2 Å². The Morgan fingerprint density at radius 2 is 1.33 bits per heavy atom. The summed E-state index contributed by atoms with van der Waals surface area (Å²) in [5.41, 5.74) is 4.18. The minimum Gasteiger partial charge on any atom is -0.489 e. The Balaban J connectivity index is 1.90. The summed E-state index contributed by atoms with van der Waals surface area (Å²) in [5.74, 6) is 1.74. The van der Waals surface area contributed by atoms with Gasteiger partial charge in [0.05, 0.1) is 0 Å². The third kappa shape index (κ3) is 5.40. The van der Waals surface area contributed by atoms with E-state index in [1.165, 1.54) is 36.0 Å². The van der Waals surface area contributed by atoms with Gasteiger partial charge in [0, 0.05) is 0 Å². The number of rotatable bonds is 7. The molecule has 0 radical (unpaired) electrons. The van der Waals surface area contributed by atoms with E-state index in [2.05, 4.69) is 83.1 Å². The molecular weight excluding hydrogens is 292 g/mol. The maximum absolute atomic E-state index is 5.93. The summed E-state index contributed by atoms with van der Waals surface area (Å²) >= 11 is 0. The molecule has 2 aromatic carbocycles. The molecular formula is C23H32O. The monoisotopic (exact) mass is 324 g/mol. The zero-order chi connectivity index (χ0) is 17.6. The van der Waals surface area contributed by atoms with Crippen molar-refractivity contribution in [2.45, 2.75) is 65.9 Å². The molecule has 0 N–H and O–H groups in total. The lowest BCUT2D eigenvalue weighted by Gasteiger charge is -2.19. The molecule has 0 amide bonds. The van der Waals surface area contributed by atoms with Crippen LogP contribution in [0.3, 0.4) is 0 Å². The van der Waals surface area contributed by atoms with Crippen LogP contribution in [0.4, 0.5) is 0 Å². The third-order valence-corrected chi connectivity index (χ3v) is 4.83. The fourth-order valence-electron chi connectivity index (χ4n) is 2.90. The molecule has 130 valence electrons. The largest absolute Gasteiger partial charge is 0.489 e. The first kappa shape index (κ1) is 18.6. The highest BCUT2D eigenvalue weighted by molar-refractivity contribution is 5.30. The van der Waals surface area contributed by atoms with Crippen LogP contribution in [-0.2, 0) is 18.4 Å². The predicted octanol–water partition coefficient (Wildman–Crippen LogP) is 6.54. The third-order valence-electron chi connectivity index (χ3n) is 4.83. The normalized spacial score (nSPS) is 11.8. The van der Waals surface area contributed by atoms with Gasteiger partial charge in [-0.3, -0.25) is 0 Å². The van der Waals surface area contributed by atoms with Crippen molar-refractivity contribution < 1.29 is 4.74 Å². The molecule has 24 heavy (non-hydrogen) atoms. The second kappa shape index (κ2) is 8.37. The molecule has 0 aliphatic carbocycles. The summed E-state index contributed by atoms with van der Waals surface area (Å²) in [6.07, 6.45) is 3.67. The fourth-order valence-corrected chi connectivity index (χ4v) is 2.90. The van der Waals surface area contributed by atoms with Crippen molar-refractivity contribution in [1.29, 1.82) is 0 Å². The highest BCUT2D eigenvalue weighted by atomic mass is 16.5. The van der Waals surface area contributed by atoms with Crippen LogP contribution in [0.5, 0.6) is 5.75 Å². The molecule has 2 rings (SSSR count). The number of ether oxygens (including phenoxy) is 1. The topological polar surface area (TPSA) is 9.23 Å². The Morgan fingerprint density at radius 1 is 0.792 bits per heavy atom. The minimum atomic E-state index is 0.198. The van der Waals surface area contributed by atoms with E-state index in [1.54, 1.807) is 0 Å². The zero-order valence-electron chi connectivity index (χ0n) is 15.9. The molecule has 0 bridgehead atoms. The SMILES string of the molecule is CCC(CC)Cc1ccc(OCc2ccc(C(C)(C)C)cc2)cc1. The Hall–Kier alpha value is -1.76. The molecule has 0 fully saturated rings. The number of hydrogen-bond acceptors (Lipinski definition) is 1. The van der Waals surface area contributed by atoms with Gasteiger partial charge in [0.15, 0.2) is 0 Å². The van der Waals surface area contributed by atoms with Gasteiger partial charge in [-0.25, -0.2) is 0 Å². The molecule has 2 aromatic rings. The van der Waals surface area contributed by atoms with Crippen molar-refractivity contribution in [3.8, 4) is 5.75 Å². The maximum Gasteiger partial charge on any atom is 0.119 e. The highest BCUT2D eigenvalue weighted by Crippen LogP contribution is 2.23. The summed E-state index contributed by atoms with van der Waals surface area (Å²) in [4.78, 5) is 0. The summed E-state index contributed by atoms with van der Waals surface area (Å²) in [6, 6.07) is 17.4. The molecule has 0 saturated carbocycles. The van der Waals surface area contributed by atoms with Gasteiger partial charge >= 0.3 is 0 Å². The first-order valence-corrected chi connectivity index (χ1v) is 9.23. The molecule has 0 unspecified atom stereocenters. The average Bonchev–Trinajstić information content (AvgIpc) is 2.58. The van der Waals surface area contributed by atoms with Crippen LogP contribution >= 0.6 is 0 Å². The molecule has 0 aliphatic rings. The zero-order valence-corrected chi connectivity index (χ0v) is 15.9. The van der Waals surface area contributed by atoms with Crippen molar-refractivity contribution in [2.24, 2.45) is 5.92 Å². The predicted molar refractivity (Wildman–Crippen MR) is 104 cm³/mol. The van der Waals surface area contributed by atoms with Crippen molar-refractivity contribution >= 4 is 0 Å². The molecule has 0 aliphatic heterocycles. The van der Waals surface area contributed by atoms with Crippen molar-refractivity contribution in [3.05, 3.63) is 65.2 Å². The van der Waals surface area contributed by atoms with Gasteiger partial charge in [0.1, 0.15) is 12.4 Å². The number of benzene rings is 2. The fraction of sp³-hybridized carbons (Fsp3) is 0.478. The summed E-state index contributed by atoms with van der Waals surface area (Å²) in [5, 5.41) is 0. The van der Waals surface area contributed by atoms with E-state index >= 15 is 0 Å². The first-order valence-electron chi connectivity index (χ1n) is 9.23. The van der Waals surface area contributed by atoms with E-state index in [4.69, 9.17) is 4.74 Å². The molecule has 0 heterocycles. The standard InChI is InChI=1S/C23H32O/c1-6-18(7-2)16-19-10-14-22(15-11-19)24-17-20-8-12-21(13-9-20)23(3,4)5/h8-15,18H,6-7,16-17H2,1-5H3. The summed E-state index contributed by atoms with van der Waals surface area (Å²) in [7, 11) is 0. The van der Waals surface area contributed by atoms with Gasteiger partial charge in [-0.05, 0) is 46.6 Å². The van der Waals surface area contributed by atoms with Gasteiger partial charge in [0.2, 0.25) is 0 Å². The lowest BCUT2D eigenvalue weighted by molar-refractivity contribution is 0.306. The van der Waals surface area contributed by atoms with Gasteiger partial charge in [0.25, 0.3) is 0 Å².